The number of aromatic amines is 1. The molecule has 26 heavy (non-hydrogen) atoms. The second-order valence-electron chi connectivity index (χ2n) is 7.85. The molecule has 1 saturated carbocycles. The summed E-state index contributed by atoms with van der Waals surface area (Å²) in [6.07, 6.45) is 15.6. The van der Waals surface area contributed by atoms with Crippen molar-refractivity contribution in [1.29, 1.82) is 0 Å². The van der Waals surface area contributed by atoms with E-state index in [1.807, 2.05) is 6.20 Å². The highest BCUT2D eigenvalue weighted by atomic mass is 15.3. The molecular weight excluding hydrogens is 318 g/mol. The van der Waals surface area contributed by atoms with Crippen LogP contribution in [0.4, 0.5) is 5.95 Å². The zero-order valence-corrected chi connectivity index (χ0v) is 16.4. The largest absolute Gasteiger partial charge is 0.342 e. The Morgan fingerprint density at radius 2 is 1.77 bits per heavy atom. The van der Waals surface area contributed by atoms with Crippen LogP contribution in [-0.2, 0) is 0 Å². The highest BCUT2D eigenvalue weighted by molar-refractivity contribution is 5.60. The lowest BCUT2D eigenvalue weighted by atomic mass is 9.89. The van der Waals surface area contributed by atoms with Crippen molar-refractivity contribution in [1.82, 2.24) is 9.97 Å². The van der Waals surface area contributed by atoms with Gasteiger partial charge in [0.15, 0.2) is 0 Å². The van der Waals surface area contributed by atoms with E-state index < -0.39 is 0 Å². The van der Waals surface area contributed by atoms with E-state index in [2.05, 4.69) is 47.1 Å². The summed E-state index contributed by atoms with van der Waals surface area (Å²) in [5.41, 5.74) is 2.34. The fraction of sp³-hybridized carbons (Fsp3) is 0.609. The number of hydrogen-bond acceptors (Lipinski definition) is 2. The van der Waals surface area contributed by atoms with Gasteiger partial charge in [0.25, 0.3) is 0 Å². The minimum Gasteiger partial charge on any atom is -0.342 e. The van der Waals surface area contributed by atoms with Gasteiger partial charge in [0, 0.05) is 13.1 Å². The zero-order valence-electron chi connectivity index (χ0n) is 16.4. The van der Waals surface area contributed by atoms with Gasteiger partial charge in [-0.3, -0.25) is 0 Å². The molecule has 1 aromatic carbocycles. The normalized spacial score (nSPS) is 15.3. The van der Waals surface area contributed by atoms with Gasteiger partial charge in [0.05, 0.1) is 11.9 Å². The third-order valence-electron chi connectivity index (χ3n) is 5.68. The molecule has 3 heteroatoms. The van der Waals surface area contributed by atoms with Crippen LogP contribution in [0.2, 0.25) is 0 Å². The number of rotatable bonds is 10. The number of anilines is 1. The van der Waals surface area contributed by atoms with Crippen LogP contribution in [0.15, 0.2) is 36.5 Å². The summed E-state index contributed by atoms with van der Waals surface area (Å²) in [5, 5.41) is 0. The Labute approximate surface area is 159 Å². The lowest BCUT2D eigenvalue weighted by Crippen LogP contribution is -2.32. The first-order valence-electron chi connectivity index (χ1n) is 10.7. The van der Waals surface area contributed by atoms with Gasteiger partial charge in [0.1, 0.15) is 0 Å². The molecular formula is C23H35N3. The van der Waals surface area contributed by atoms with Crippen molar-refractivity contribution in [2.45, 2.75) is 71.1 Å². The van der Waals surface area contributed by atoms with Gasteiger partial charge < -0.3 is 9.88 Å². The first-order valence-corrected chi connectivity index (χ1v) is 10.7. The summed E-state index contributed by atoms with van der Waals surface area (Å²) in [4.78, 5) is 10.9. The van der Waals surface area contributed by atoms with Crippen molar-refractivity contribution >= 4 is 5.95 Å². The Balaban J connectivity index is 1.64. The number of hydrogen-bond donors (Lipinski definition) is 1. The van der Waals surface area contributed by atoms with Gasteiger partial charge >= 0.3 is 0 Å². The summed E-state index contributed by atoms with van der Waals surface area (Å²) in [7, 11) is 0. The SMILES string of the molecule is CCCCCCCN(CC1CCCCC1)c1ncc(-c2ccccc2)[nH]1. The van der Waals surface area contributed by atoms with Crippen LogP contribution in [-0.4, -0.2) is 23.1 Å². The smallest absolute Gasteiger partial charge is 0.203 e. The van der Waals surface area contributed by atoms with Crippen molar-refractivity contribution in [3.8, 4) is 11.3 Å². The molecule has 1 aliphatic rings. The maximum Gasteiger partial charge on any atom is 0.203 e. The van der Waals surface area contributed by atoms with Crippen molar-refractivity contribution < 1.29 is 0 Å². The summed E-state index contributed by atoms with van der Waals surface area (Å²) in [6, 6.07) is 10.5. The predicted molar refractivity (Wildman–Crippen MR) is 112 cm³/mol. The van der Waals surface area contributed by atoms with E-state index in [1.165, 1.54) is 69.8 Å². The number of unbranched alkanes of at least 4 members (excludes halogenated alkanes) is 4. The molecule has 0 radical (unpaired) electrons. The van der Waals surface area contributed by atoms with Crippen LogP contribution in [0, 0.1) is 5.92 Å². The van der Waals surface area contributed by atoms with Crippen molar-refractivity contribution in [2.24, 2.45) is 5.92 Å². The molecule has 1 aromatic heterocycles. The van der Waals surface area contributed by atoms with Crippen LogP contribution in [0.25, 0.3) is 11.3 Å². The van der Waals surface area contributed by atoms with Crippen LogP contribution >= 0.6 is 0 Å². The van der Waals surface area contributed by atoms with E-state index in [0.717, 1.165) is 30.6 Å². The average Bonchev–Trinajstić information content (AvgIpc) is 3.18. The average molecular weight is 354 g/mol. The molecule has 1 N–H and O–H groups in total. The molecule has 1 heterocycles. The third kappa shape index (κ3) is 5.62. The van der Waals surface area contributed by atoms with Crippen LogP contribution in [0.5, 0.6) is 0 Å². The summed E-state index contributed by atoms with van der Waals surface area (Å²) in [5.74, 6) is 1.90. The molecule has 3 rings (SSSR count). The standard InChI is InChI=1S/C23H35N3/c1-2-3-4-5-12-17-26(19-20-13-8-6-9-14-20)23-24-18-22(25-23)21-15-10-7-11-16-21/h7,10-11,15-16,18,20H,2-6,8-9,12-14,17,19H2,1H3,(H,24,25). The Hall–Kier alpha value is -1.77. The molecule has 0 aliphatic heterocycles. The van der Waals surface area contributed by atoms with Crippen LogP contribution in [0.3, 0.4) is 0 Å². The van der Waals surface area contributed by atoms with Gasteiger partial charge in [-0.1, -0.05) is 82.2 Å². The molecule has 3 nitrogen and oxygen atoms in total. The van der Waals surface area contributed by atoms with Crippen molar-refractivity contribution in [3.05, 3.63) is 36.5 Å². The number of benzene rings is 1. The van der Waals surface area contributed by atoms with Crippen molar-refractivity contribution in [3.63, 3.8) is 0 Å². The third-order valence-corrected chi connectivity index (χ3v) is 5.68. The van der Waals surface area contributed by atoms with E-state index in [0.29, 0.717) is 0 Å². The zero-order chi connectivity index (χ0) is 18.0. The molecule has 0 atom stereocenters. The Bertz CT molecular complexity index is 613. The van der Waals surface area contributed by atoms with Gasteiger partial charge in [-0.05, 0) is 30.7 Å². The van der Waals surface area contributed by atoms with Gasteiger partial charge in [0.2, 0.25) is 5.95 Å². The maximum atomic E-state index is 4.74. The van der Waals surface area contributed by atoms with Gasteiger partial charge in [-0.15, -0.1) is 0 Å². The molecule has 0 saturated heterocycles. The molecule has 0 bridgehead atoms. The number of aromatic nitrogens is 2. The first-order chi connectivity index (χ1) is 12.9. The number of imidazole rings is 1. The number of nitrogens with one attached hydrogen (secondary N) is 1. The summed E-state index contributed by atoms with van der Waals surface area (Å²) in [6.45, 7) is 4.57. The molecule has 0 spiro atoms. The molecule has 1 aliphatic carbocycles. The van der Waals surface area contributed by atoms with E-state index in [9.17, 15) is 0 Å². The van der Waals surface area contributed by atoms with E-state index in [4.69, 9.17) is 4.98 Å². The van der Waals surface area contributed by atoms with E-state index in [-0.39, 0.29) is 0 Å². The Morgan fingerprint density at radius 1 is 1.00 bits per heavy atom. The Kier molecular flexibility index (Phi) is 7.60. The summed E-state index contributed by atoms with van der Waals surface area (Å²) >= 11 is 0. The molecule has 142 valence electrons. The minimum atomic E-state index is 0.838. The molecule has 2 aromatic rings. The highest BCUT2D eigenvalue weighted by Gasteiger charge is 2.19. The first kappa shape index (κ1) is 19.0. The highest BCUT2D eigenvalue weighted by Crippen LogP contribution is 2.27. The van der Waals surface area contributed by atoms with Crippen LogP contribution < -0.4 is 4.90 Å². The monoisotopic (exact) mass is 353 g/mol. The molecule has 0 unspecified atom stereocenters. The second kappa shape index (κ2) is 10.4. The number of H-pyrrole nitrogens is 1. The molecule has 0 amide bonds. The fourth-order valence-electron chi connectivity index (χ4n) is 4.11. The second-order valence-corrected chi connectivity index (χ2v) is 7.85. The fourth-order valence-corrected chi connectivity index (χ4v) is 4.11. The predicted octanol–water partition coefficient (Wildman–Crippen LogP) is 6.43. The van der Waals surface area contributed by atoms with E-state index >= 15 is 0 Å². The van der Waals surface area contributed by atoms with Crippen molar-refractivity contribution in [2.75, 3.05) is 18.0 Å². The minimum absolute atomic E-state index is 0.838. The topological polar surface area (TPSA) is 31.9 Å². The van der Waals surface area contributed by atoms with Crippen LogP contribution in [0.1, 0.15) is 71.1 Å². The lowest BCUT2D eigenvalue weighted by molar-refractivity contribution is 0.356. The lowest BCUT2D eigenvalue weighted by Gasteiger charge is -2.29. The summed E-state index contributed by atoms with van der Waals surface area (Å²) < 4.78 is 0. The van der Waals surface area contributed by atoms with E-state index in [1.54, 1.807) is 0 Å². The quantitative estimate of drug-likeness (QED) is 0.499. The Morgan fingerprint density at radius 3 is 2.54 bits per heavy atom. The number of nitrogens with zero attached hydrogens (tertiary/aromatic N) is 2. The van der Waals surface area contributed by atoms with Gasteiger partial charge in [-0.25, -0.2) is 4.98 Å². The maximum absolute atomic E-state index is 4.74. The molecule has 1 fully saturated rings. The van der Waals surface area contributed by atoms with Gasteiger partial charge in [-0.2, -0.15) is 0 Å².